The fraction of sp³-hybridized carbons (Fsp3) is 0.500. The summed E-state index contributed by atoms with van der Waals surface area (Å²) in [5.41, 5.74) is 0. The van der Waals surface area contributed by atoms with Crippen molar-refractivity contribution in [3.63, 3.8) is 0 Å². The molecule has 0 saturated heterocycles. The molecule has 0 aliphatic carbocycles. The predicted octanol–water partition coefficient (Wildman–Crippen LogP) is 6.35. The summed E-state index contributed by atoms with van der Waals surface area (Å²) in [5.74, 6) is 0. The van der Waals surface area contributed by atoms with Crippen molar-refractivity contribution in [2.24, 2.45) is 0 Å². The topological polar surface area (TPSA) is 9.23 Å². The Hall–Kier alpha value is -0.514. The van der Waals surface area contributed by atoms with Gasteiger partial charge in [0.1, 0.15) is 0 Å². The van der Waals surface area contributed by atoms with Crippen molar-refractivity contribution in [1.82, 2.24) is 0 Å². The third-order valence-corrected chi connectivity index (χ3v) is 32.5. The van der Waals surface area contributed by atoms with Crippen molar-refractivity contribution < 1.29 is 2.79 Å². The molecular weight excluding hydrogens is 449 g/mol. The Morgan fingerprint density at radius 2 is 0.926 bits per heavy atom. The molecule has 0 bridgehead atoms. The zero-order valence-corrected chi connectivity index (χ0v) is 22.0. The Balaban J connectivity index is 2.62. The first-order valence-electron chi connectivity index (χ1n) is 11.0. The molecule has 148 valence electrons. The molecule has 0 spiro atoms. The summed E-state index contributed by atoms with van der Waals surface area (Å²) in [4.78, 5) is 0. The summed E-state index contributed by atoms with van der Waals surface area (Å²) in [6, 6.07) is 22.6. The van der Waals surface area contributed by atoms with Crippen LogP contribution in [-0.2, 0) is 2.79 Å². The monoisotopic (exact) mass is 490 g/mol. The summed E-state index contributed by atoms with van der Waals surface area (Å²) < 4.78 is 10.8. The third kappa shape index (κ3) is 5.74. The Morgan fingerprint density at radius 3 is 1.26 bits per heavy atom. The molecule has 2 rings (SSSR count). The summed E-state index contributed by atoms with van der Waals surface area (Å²) in [6.45, 7) is 9.40. The Bertz CT molecular complexity index is 585. The first-order valence-corrected chi connectivity index (χ1v) is 20.7. The van der Waals surface area contributed by atoms with E-state index < -0.39 is 27.2 Å². The molecule has 0 fully saturated rings. The molecule has 1 nitrogen and oxygen atoms in total. The van der Waals surface area contributed by atoms with Gasteiger partial charge in [-0.2, -0.15) is 0 Å². The summed E-state index contributed by atoms with van der Waals surface area (Å²) in [6.07, 6.45) is 5.02. The molecule has 0 aliphatic rings. The molecule has 0 aliphatic heterocycles. The second-order valence-electron chi connectivity index (χ2n) is 7.84. The van der Waals surface area contributed by atoms with E-state index in [1.165, 1.54) is 55.5 Å². The van der Waals surface area contributed by atoms with Crippen LogP contribution in [0.1, 0.15) is 53.4 Å². The molecule has 0 aromatic heterocycles. The van der Waals surface area contributed by atoms with E-state index in [-0.39, 0.29) is 0 Å². The normalized spacial score (nSPS) is 12.3. The van der Waals surface area contributed by atoms with E-state index in [1.807, 2.05) is 0 Å². The van der Waals surface area contributed by atoms with Crippen LogP contribution >= 0.6 is 0 Å². The van der Waals surface area contributed by atoms with Crippen LogP contribution in [-0.4, -0.2) is 27.2 Å². The van der Waals surface area contributed by atoms with E-state index in [1.54, 1.807) is 0 Å². The number of benzene rings is 2. The van der Waals surface area contributed by atoms with Crippen LogP contribution in [0.5, 0.6) is 0 Å². The second kappa shape index (κ2) is 11.5. The van der Waals surface area contributed by atoms with Gasteiger partial charge in [0, 0.05) is 0 Å². The Morgan fingerprint density at radius 1 is 0.556 bits per heavy atom. The Kier molecular flexibility index (Phi) is 9.68. The van der Waals surface area contributed by atoms with Crippen molar-refractivity contribution in [2.45, 2.75) is 74.4 Å². The predicted molar refractivity (Wildman–Crippen MR) is 125 cm³/mol. The minimum atomic E-state index is -2.88. The zero-order chi connectivity index (χ0) is 19.6. The average Bonchev–Trinajstić information content (AvgIpc) is 2.69. The average molecular weight is 488 g/mol. The minimum absolute atomic E-state index is 1.20. The van der Waals surface area contributed by atoms with Crippen LogP contribution in [0.3, 0.4) is 0 Å². The van der Waals surface area contributed by atoms with Crippen LogP contribution < -0.4 is 8.79 Å². The SMILES string of the molecule is CC[CH2][Ge]([CH2]CC)([CH2]CC)[O][Ge]([CH2]CC)([c]1ccccc1)[c]1ccccc1. The van der Waals surface area contributed by atoms with E-state index in [0.29, 0.717) is 0 Å². The van der Waals surface area contributed by atoms with Gasteiger partial charge in [0.25, 0.3) is 0 Å². The first-order chi connectivity index (χ1) is 13.2. The summed E-state index contributed by atoms with van der Waals surface area (Å²) >= 11 is -5.25. The zero-order valence-electron chi connectivity index (χ0n) is 17.8. The van der Waals surface area contributed by atoms with Gasteiger partial charge < -0.3 is 0 Å². The van der Waals surface area contributed by atoms with E-state index in [2.05, 4.69) is 88.4 Å². The van der Waals surface area contributed by atoms with Crippen LogP contribution in [0.2, 0.25) is 21.0 Å². The molecule has 2 aromatic carbocycles. The molecule has 0 amide bonds. The molecule has 0 radical (unpaired) electrons. The van der Waals surface area contributed by atoms with Gasteiger partial charge >= 0.3 is 174 Å². The molecule has 0 N–H and O–H groups in total. The van der Waals surface area contributed by atoms with E-state index >= 15 is 0 Å². The van der Waals surface area contributed by atoms with Crippen molar-refractivity contribution in [3.8, 4) is 0 Å². The molecule has 2 aromatic rings. The van der Waals surface area contributed by atoms with Crippen LogP contribution in [0.15, 0.2) is 60.7 Å². The van der Waals surface area contributed by atoms with Crippen LogP contribution in [0.25, 0.3) is 0 Å². The quantitative estimate of drug-likeness (QED) is 0.317. The van der Waals surface area contributed by atoms with Crippen molar-refractivity contribution >= 4 is 36.0 Å². The van der Waals surface area contributed by atoms with Gasteiger partial charge in [0.05, 0.1) is 0 Å². The summed E-state index contributed by atoms with van der Waals surface area (Å²) in [7, 11) is 0. The van der Waals surface area contributed by atoms with Gasteiger partial charge in [-0.3, -0.25) is 0 Å². The van der Waals surface area contributed by atoms with Crippen molar-refractivity contribution in [3.05, 3.63) is 60.7 Å². The molecule has 0 atom stereocenters. The van der Waals surface area contributed by atoms with E-state index in [4.69, 9.17) is 2.79 Å². The van der Waals surface area contributed by atoms with Gasteiger partial charge in [-0.1, -0.05) is 0 Å². The van der Waals surface area contributed by atoms with Gasteiger partial charge in [-0.15, -0.1) is 0 Å². The molecule has 0 unspecified atom stereocenters. The maximum atomic E-state index is 7.73. The molecular formula is C24H38Ge2O. The third-order valence-electron chi connectivity index (χ3n) is 5.59. The standard InChI is InChI=1S/C24H38Ge2O/c1-5-19-25(20-6-2,21-7-3)27-26(22-8-4,23-15-11-9-12-16-23)24-17-13-10-14-18-24/h9-18H,5-8,19-22H2,1-4H3. The van der Waals surface area contributed by atoms with Gasteiger partial charge in [0.2, 0.25) is 0 Å². The number of hydrogen-bond acceptors (Lipinski definition) is 1. The van der Waals surface area contributed by atoms with E-state index in [9.17, 15) is 0 Å². The van der Waals surface area contributed by atoms with Gasteiger partial charge in [0.15, 0.2) is 0 Å². The van der Waals surface area contributed by atoms with Gasteiger partial charge in [-0.05, 0) is 0 Å². The molecule has 0 saturated carbocycles. The summed E-state index contributed by atoms with van der Waals surface area (Å²) in [5, 5.41) is 5.31. The first kappa shape index (κ1) is 22.8. The fourth-order valence-electron chi connectivity index (χ4n) is 4.66. The van der Waals surface area contributed by atoms with Crippen LogP contribution in [0.4, 0.5) is 0 Å². The molecule has 0 heterocycles. The van der Waals surface area contributed by atoms with Crippen LogP contribution in [0, 0.1) is 0 Å². The molecule has 3 heteroatoms. The number of hydrogen-bond donors (Lipinski definition) is 0. The fourth-order valence-corrected chi connectivity index (χ4v) is 36.4. The Labute approximate surface area is 173 Å². The van der Waals surface area contributed by atoms with Crippen molar-refractivity contribution in [1.29, 1.82) is 0 Å². The number of rotatable bonds is 12. The maximum absolute atomic E-state index is 7.73. The second-order valence-corrected chi connectivity index (χ2v) is 25.6. The van der Waals surface area contributed by atoms with E-state index in [0.717, 1.165) is 0 Å². The van der Waals surface area contributed by atoms with Gasteiger partial charge in [-0.25, -0.2) is 0 Å². The van der Waals surface area contributed by atoms with Crippen molar-refractivity contribution in [2.75, 3.05) is 0 Å². The molecule has 27 heavy (non-hydrogen) atoms.